The monoisotopic (exact) mass is 592 g/mol. The van der Waals surface area contributed by atoms with Crippen LogP contribution in [-0.2, 0) is 17.5 Å². The first kappa shape index (κ1) is 25.3. The fraction of sp³-hybridized carbons (Fsp3) is 0.238. The van der Waals surface area contributed by atoms with Crippen LogP contribution < -0.4 is 10.1 Å². The molecular formula is C21H14BrCl2F3N4O4. The molecule has 0 unspecified atom stereocenters. The molecule has 35 heavy (non-hydrogen) atoms. The summed E-state index contributed by atoms with van der Waals surface area (Å²) in [5, 5.41) is 17.9. The van der Waals surface area contributed by atoms with Crippen LogP contribution in [0.2, 0.25) is 10.0 Å². The van der Waals surface area contributed by atoms with Crippen molar-refractivity contribution in [2.75, 3.05) is 5.32 Å². The van der Waals surface area contributed by atoms with Gasteiger partial charge in [0.25, 0.3) is 5.69 Å². The van der Waals surface area contributed by atoms with Gasteiger partial charge in [0.05, 0.1) is 31.9 Å². The van der Waals surface area contributed by atoms with Crippen molar-refractivity contribution in [2.24, 2.45) is 0 Å². The molecule has 0 aliphatic heterocycles. The summed E-state index contributed by atoms with van der Waals surface area (Å²) in [6.45, 7) is -0.525. The Kier molecular flexibility index (Phi) is 6.98. The van der Waals surface area contributed by atoms with Crippen LogP contribution in [0.1, 0.15) is 30.1 Å². The lowest BCUT2D eigenvalue weighted by atomic mass is 10.2. The summed E-state index contributed by atoms with van der Waals surface area (Å²) < 4.78 is 46.3. The molecular weight excluding hydrogens is 580 g/mol. The van der Waals surface area contributed by atoms with Crippen LogP contribution in [0.4, 0.5) is 24.5 Å². The van der Waals surface area contributed by atoms with Crippen molar-refractivity contribution < 1.29 is 27.6 Å². The number of hydrogen-bond acceptors (Lipinski definition) is 5. The second-order valence-electron chi connectivity index (χ2n) is 7.68. The summed E-state index contributed by atoms with van der Waals surface area (Å²) in [6, 6.07) is 7.94. The Morgan fingerprint density at radius 1 is 1.26 bits per heavy atom. The van der Waals surface area contributed by atoms with Crippen LogP contribution in [0.3, 0.4) is 0 Å². The van der Waals surface area contributed by atoms with E-state index in [0.717, 1.165) is 16.8 Å². The van der Waals surface area contributed by atoms with Gasteiger partial charge in [0.15, 0.2) is 5.69 Å². The van der Waals surface area contributed by atoms with Crippen LogP contribution in [0.25, 0.3) is 0 Å². The molecule has 0 radical (unpaired) electrons. The van der Waals surface area contributed by atoms with E-state index in [1.165, 1.54) is 24.3 Å². The number of ether oxygens (including phenoxy) is 1. The van der Waals surface area contributed by atoms with Gasteiger partial charge in [-0.1, -0.05) is 23.2 Å². The smallest absolute Gasteiger partial charge is 0.436 e. The van der Waals surface area contributed by atoms with Crippen molar-refractivity contribution in [3.63, 3.8) is 0 Å². The standard InChI is InChI=1S/C21H14BrCl2F3N4O4/c22-18-19(10-1-2-10)30(29-20(18)21(25,26)27)9-17(32)28-12-6-13(31(33)34)8-14(7-12)35-16-4-3-11(23)5-15(16)24/h3-8,10H,1-2,9H2,(H,28,32). The maximum atomic E-state index is 13.3. The number of amides is 1. The molecule has 8 nitrogen and oxygen atoms in total. The van der Waals surface area contributed by atoms with Gasteiger partial charge >= 0.3 is 6.18 Å². The summed E-state index contributed by atoms with van der Waals surface area (Å²) in [5.41, 5.74) is -1.21. The third-order valence-corrected chi connectivity index (χ3v) is 6.28. The van der Waals surface area contributed by atoms with Gasteiger partial charge in [0.1, 0.15) is 18.0 Å². The number of carbonyl (C=O) groups excluding carboxylic acids is 1. The number of alkyl halides is 3. The molecule has 1 heterocycles. The predicted octanol–water partition coefficient (Wildman–Crippen LogP) is 7.19. The fourth-order valence-corrected chi connectivity index (χ4v) is 4.62. The number of nitrogens with zero attached hydrogens (tertiary/aromatic N) is 3. The lowest BCUT2D eigenvalue weighted by Gasteiger charge is -2.11. The minimum Gasteiger partial charge on any atom is -0.455 e. The van der Waals surface area contributed by atoms with Crippen LogP contribution >= 0.6 is 39.1 Å². The van der Waals surface area contributed by atoms with Gasteiger partial charge in [0.2, 0.25) is 5.91 Å². The van der Waals surface area contributed by atoms with E-state index in [1.807, 2.05) is 0 Å². The van der Waals surface area contributed by atoms with Gasteiger partial charge in [-0.2, -0.15) is 18.3 Å². The molecule has 1 aliphatic rings. The highest BCUT2D eigenvalue weighted by Crippen LogP contribution is 2.47. The largest absolute Gasteiger partial charge is 0.455 e. The summed E-state index contributed by atoms with van der Waals surface area (Å²) in [6.07, 6.45) is -3.33. The van der Waals surface area contributed by atoms with E-state index in [2.05, 4.69) is 26.3 Å². The highest BCUT2D eigenvalue weighted by molar-refractivity contribution is 9.10. The first-order valence-corrected chi connectivity index (χ1v) is 11.5. The topological polar surface area (TPSA) is 99.3 Å². The molecule has 0 spiro atoms. The second kappa shape index (κ2) is 9.67. The molecule has 1 fully saturated rings. The highest BCUT2D eigenvalue weighted by atomic mass is 79.9. The van der Waals surface area contributed by atoms with Crippen LogP contribution in [-0.4, -0.2) is 20.6 Å². The molecule has 0 saturated heterocycles. The summed E-state index contributed by atoms with van der Waals surface area (Å²) in [7, 11) is 0. The number of nitro groups is 1. The zero-order chi connectivity index (χ0) is 25.5. The SMILES string of the molecule is O=C(Cn1nc(C(F)(F)F)c(Br)c1C1CC1)Nc1cc(Oc2ccc(Cl)cc2Cl)cc([N+](=O)[O-])c1. The molecule has 0 atom stereocenters. The molecule has 14 heteroatoms. The van der Waals surface area contributed by atoms with Crippen LogP contribution in [0, 0.1) is 10.1 Å². The molecule has 1 amide bonds. The molecule has 1 saturated carbocycles. The molecule has 2 aromatic carbocycles. The summed E-state index contributed by atoms with van der Waals surface area (Å²) in [4.78, 5) is 23.4. The average molecular weight is 594 g/mol. The highest BCUT2D eigenvalue weighted by Gasteiger charge is 2.42. The van der Waals surface area contributed by atoms with Crippen LogP contribution in [0.15, 0.2) is 40.9 Å². The zero-order valence-corrected chi connectivity index (χ0v) is 20.5. The summed E-state index contributed by atoms with van der Waals surface area (Å²) >= 11 is 14.9. The van der Waals surface area contributed by atoms with E-state index in [4.69, 9.17) is 27.9 Å². The molecule has 4 rings (SSSR count). The fourth-order valence-electron chi connectivity index (χ4n) is 3.34. The number of nitrogens with one attached hydrogen (secondary N) is 1. The van der Waals surface area contributed by atoms with Gasteiger partial charge in [-0.3, -0.25) is 19.6 Å². The molecule has 1 N–H and O–H groups in total. The van der Waals surface area contributed by atoms with Gasteiger partial charge < -0.3 is 10.1 Å². The number of hydrogen-bond donors (Lipinski definition) is 1. The number of halogens is 6. The van der Waals surface area contributed by atoms with Crippen molar-refractivity contribution in [3.8, 4) is 11.5 Å². The normalized spacial score (nSPS) is 13.5. The maximum absolute atomic E-state index is 13.3. The van der Waals surface area contributed by atoms with Gasteiger partial charge in [0, 0.05) is 23.1 Å². The minimum atomic E-state index is -4.70. The number of nitro benzene ring substituents is 1. The zero-order valence-electron chi connectivity index (χ0n) is 17.4. The van der Waals surface area contributed by atoms with E-state index in [-0.39, 0.29) is 44.0 Å². The Morgan fingerprint density at radius 3 is 2.57 bits per heavy atom. The van der Waals surface area contributed by atoms with Crippen molar-refractivity contribution in [1.82, 2.24) is 9.78 Å². The lowest BCUT2D eigenvalue weighted by Crippen LogP contribution is -2.21. The molecule has 1 aliphatic carbocycles. The van der Waals surface area contributed by atoms with Crippen molar-refractivity contribution in [3.05, 3.63) is 72.4 Å². The minimum absolute atomic E-state index is 0.000440. The van der Waals surface area contributed by atoms with Crippen molar-refractivity contribution >= 4 is 56.4 Å². The molecule has 184 valence electrons. The number of carbonyl (C=O) groups is 1. The van der Waals surface area contributed by atoms with Crippen LogP contribution in [0.5, 0.6) is 11.5 Å². The second-order valence-corrected chi connectivity index (χ2v) is 9.31. The lowest BCUT2D eigenvalue weighted by molar-refractivity contribution is -0.384. The number of benzene rings is 2. The van der Waals surface area contributed by atoms with Gasteiger partial charge in [-0.15, -0.1) is 0 Å². The number of rotatable bonds is 7. The number of non-ortho nitro benzene ring substituents is 1. The Bertz CT molecular complexity index is 1330. The third kappa shape index (κ3) is 5.88. The quantitative estimate of drug-likeness (QED) is 0.231. The first-order chi connectivity index (χ1) is 16.4. The van der Waals surface area contributed by atoms with E-state index in [9.17, 15) is 28.1 Å². The molecule has 3 aromatic rings. The van der Waals surface area contributed by atoms with Gasteiger partial charge in [-0.05, 0) is 47.0 Å². The van der Waals surface area contributed by atoms with E-state index < -0.39 is 29.2 Å². The third-order valence-electron chi connectivity index (χ3n) is 4.97. The van der Waals surface area contributed by atoms with Crippen molar-refractivity contribution in [1.29, 1.82) is 0 Å². The van der Waals surface area contributed by atoms with E-state index in [1.54, 1.807) is 0 Å². The predicted molar refractivity (Wildman–Crippen MR) is 125 cm³/mol. The van der Waals surface area contributed by atoms with Gasteiger partial charge in [-0.25, -0.2) is 0 Å². The van der Waals surface area contributed by atoms with E-state index in [0.29, 0.717) is 17.9 Å². The van der Waals surface area contributed by atoms with E-state index >= 15 is 0 Å². The average Bonchev–Trinajstić information content (AvgIpc) is 3.52. The maximum Gasteiger partial charge on any atom is 0.436 e. The summed E-state index contributed by atoms with van der Waals surface area (Å²) in [5.74, 6) is -0.697. The number of aromatic nitrogens is 2. The first-order valence-electron chi connectivity index (χ1n) is 9.98. The Labute approximate surface area is 214 Å². The molecule has 1 aromatic heterocycles. The number of anilines is 1. The Hall–Kier alpha value is -2.83. The molecule has 0 bridgehead atoms. The Morgan fingerprint density at radius 2 is 1.97 bits per heavy atom. The van der Waals surface area contributed by atoms with Crippen molar-refractivity contribution in [2.45, 2.75) is 31.5 Å². The Balaban J connectivity index is 1.58.